The van der Waals surface area contributed by atoms with Gasteiger partial charge in [0.05, 0.1) is 12.4 Å². The highest BCUT2D eigenvalue weighted by Crippen LogP contribution is 2.16. The third-order valence-electron chi connectivity index (χ3n) is 2.33. The smallest absolute Gasteiger partial charge is 0.321 e. The molecule has 2 rings (SSSR count). The Hall–Kier alpha value is -1.95. The van der Waals surface area contributed by atoms with Crippen molar-refractivity contribution in [1.29, 1.82) is 0 Å². The van der Waals surface area contributed by atoms with Crippen LogP contribution in [0.3, 0.4) is 0 Å². The number of hydrogen-bond donors (Lipinski definition) is 1. The molecule has 0 amide bonds. The first-order valence-electron chi connectivity index (χ1n) is 5.97. The van der Waals surface area contributed by atoms with Gasteiger partial charge >= 0.3 is 6.01 Å². The first-order valence-corrected chi connectivity index (χ1v) is 5.97. The maximum absolute atomic E-state index is 5.51. The van der Waals surface area contributed by atoms with E-state index in [1.807, 2.05) is 17.9 Å². The number of hydrogen-bond acceptors (Lipinski definition) is 5. The minimum absolute atomic E-state index is 0.339. The molecule has 0 bridgehead atoms. The largest absolute Gasteiger partial charge is 0.421 e. The van der Waals surface area contributed by atoms with E-state index in [0.29, 0.717) is 11.8 Å². The van der Waals surface area contributed by atoms with Crippen LogP contribution in [0.5, 0.6) is 11.8 Å². The predicted molar refractivity (Wildman–Crippen MR) is 67.4 cm³/mol. The molecule has 0 aliphatic carbocycles. The van der Waals surface area contributed by atoms with Crippen molar-refractivity contribution in [1.82, 2.24) is 25.1 Å². The van der Waals surface area contributed by atoms with Crippen LogP contribution in [-0.2, 0) is 13.1 Å². The van der Waals surface area contributed by atoms with Gasteiger partial charge in [0.15, 0.2) is 5.75 Å². The molecule has 0 unspecified atom stereocenters. The summed E-state index contributed by atoms with van der Waals surface area (Å²) in [4.78, 5) is 8.27. The van der Waals surface area contributed by atoms with Gasteiger partial charge < -0.3 is 10.1 Å². The SMILES string of the molecule is CCCn1cc(Oc2ncc(CNC)cn2)cn1. The molecule has 0 atom stereocenters. The van der Waals surface area contributed by atoms with Gasteiger partial charge in [-0.25, -0.2) is 9.97 Å². The zero-order valence-corrected chi connectivity index (χ0v) is 10.6. The number of aromatic nitrogens is 4. The topological polar surface area (TPSA) is 64.9 Å². The van der Waals surface area contributed by atoms with Crippen molar-refractivity contribution in [3.63, 3.8) is 0 Å². The Morgan fingerprint density at radius 2 is 2.06 bits per heavy atom. The standard InChI is InChI=1S/C12H17N5O/c1-3-4-17-9-11(8-16-17)18-12-14-6-10(5-13-2)7-15-12/h6-9,13H,3-5H2,1-2H3. The fourth-order valence-electron chi connectivity index (χ4n) is 1.55. The Kier molecular flexibility index (Phi) is 4.25. The normalized spacial score (nSPS) is 10.6. The highest BCUT2D eigenvalue weighted by Gasteiger charge is 2.03. The van der Waals surface area contributed by atoms with Crippen molar-refractivity contribution in [3.8, 4) is 11.8 Å². The highest BCUT2D eigenvalue weighted by molar-refractivity contribution is 5.17. The quantitative estimate of drug-likeness (QED) is 0.839. The molecule has 0 radical (unpaired) electrons. The predicted octanol–water partition coefficient (Wildman–Crippen LogP) is 1.59. The summed E-state index contributed by atoms with van der Waals surface area (Å²) < 4.78 is 7.35. The minimum Gasteiger partial charge on any atom is -0.421 e. The van der Waals surface area contributed by atoms with E-state index in [1.165, 1.54) is 0 Å². The molecule has 2 aromatic rings. The molecular weight excluding hydrogens is 230 g/mol. The molecule has 2 aromatic heterocycles. The van der Waals surface area contributed by atoms with E-state index in [-0.39, 0.29) is 0 Å². The van der Waals surface area contributed by atoms with E-state index in [0.717, 1.165) is 25.1 Å². The van der Waals surface area contributed by atoms with Crippen molar-refractivity contribution in [2.45, 2.75) is 26.4 Å². The van der Waals surface area contributed by atoms with Crippen LogP contribution in [0.15, 0.2) is 24.8 Å². The number of aryl methyl sites for hydroxylation is 1. The lowest BCUT2D eigenvalue weighted by molar-refractivity contribution is 0.439. The third kappa shape index (κ3) is 3.27. The summed E-state index contributed by atoms with van der Waals surface area (Å²) in [6, 6.07) is 0.339. The van der Waals surface area contributed by atoms with Gasteiger partial charge in [0, 0.05) is 31.0 Å². The number of rotatable bonds is 6. The molecule has 18 heavy (non-hydrogen) atoms. The van der Waals surface area contributed by atoms with Crippen molar-refractivity contribution < 1.29 is 4.74 Å². The van der Waals surface area contributed by atoms with Gasteiger partial charge in [0.25, 0.3) is 0 Å². The van der Waals surface area contributed by atoms with Crippen molar-refractivity contribution in [3.05, 3.63) is 30.4 Å². The van der Waals surface area contributed by atoms with Gasteiger partial charge in [-0.2, -0.15) is 5.10 Å². The van der Waals surface area contributed by atoms with Crippen molar-refractivity contribution >= 4 is 0 Å². The Balaban J connectivity index is 1.99. The third-order valence-corrected chi connectivity index (χ3v) is 2.33. The van der Waals surface area contributed by atoms with Crippen LogP contribution in [0.25, 0.3) is 0 Å². The number of nitrogens with zero attached hydrogens (tertiary/aromatic N) is 4. The van der Waals surface area contributed by atoms with E-state index >= 15 is 0 Å². The molecule has 1 N–H and O–H groups in total. The summed E-state index contributed by atoms with van der Waals surface area (Å²) in [5.41, 5.74) is 1.02. The first-order chi connectivity index (χ1) is 8.81. The van der Waals surface area contributed by atoms with Gasteiger partial charge in [-0.05, 0) is 13.5 Å². The zero-order valence-electron chi connectivity index (χ0n) is 10.6. The lowest BCUT2D eigenvalue weighted by Gasteiger charge is -2.02. The van der Waals surface area contributed by atoms with Gasteiger partial charge in [0.2, 0.25) is 0 Å². The Morgan fingerprint density at radius 1 is 1.28 bits per heavy atom. The fraction of sp³-hybridized carbons (Fsp3) is 0.417. The van der Waals surface area contributed by atoms with E-state index in [1.54, 1.807) is 18.6 Å². The molecule has 0 saturated carbocycles. The molecular formula is C12H17N5O. The molecule has 96 valence electrons. The summed E-state index contributed by atoms with van der Waals surface area (Å²) >= 11 is 0. The monoisotopic (exact) mass is 247 g/mol. The van der Waals surface area contributed by atoms with Crippen LogP contribution >= 0.6 is 0 Å². The molecule has 6 heteroatoms. The van der Waals surface area contributed by atoms with Crippen molar-refractivity contribution in [2.24, 2.45) is 0 Å². The molecule has 0 aliphatic rings. The maximum atomic E-state index is 5.51. The Bertz CT molecular complexity index is 479. The summed E-state index contributed by atoms with van der Waals surface area (Å²) in [5.74, 6) is 0.657. The van der Waals surface area contributed by atoms with Crippen LogP contribution < -0.4 is 10.1 Å². The lowest BCUT2D eigenvalue weighted by Crippen LogP contribution is -2.06. The van der Waals surface area contributed by atoms with Gasteiger partial charge in [-0.3, -0.25) is 4.68 Å². The van der Waals surface area contributed by atoms with Crippen LogP contribution in [0.1, 0.15) is 18.9 Å². The molecule has 0 aromatic carbocycles. The van der Waals surface area contributed by atoms with Crippen LogP contribution in [0, 0.1) is 0 Å². The second-order valence-corrected chi connectivity index (χ2v) is 3.95. The van der Waals surface area contributed by atoms with E-state index in [2.05, 4.69) is 27.3 Å². The molecule has 0 fully saturated rings. The average molecular weight is 247 g/mol. The Morgan fingerprint density at radius 3 is 2.72 bits per heavy atom. The molecule has 6 nitrogen and oxygen atoms in total. The molecule has 0 saturated heterocycles. The molecule has 0 aliphatic heterocycles. The fourth-order valence-corrected chi connectivity index (χ4v) is 1.55. The summed E-state index contributed by atoms with van der Waals surface area (Å²) in [5, 5.41) is 7.21. The van der Waals surface area contributed by atoms with Crippen LogP contribution in [0.2, 0.25) is 0 Å². The highest BCUT2D eigenvalue weighted by atomic mass is 16.5. The van der Waals surface area contributed by atoms with E-state index in [9.17, 15) is 0 Å². The van der Waals surface area contributed by atoms with Crippen LogP contribution in [-0.4, -0.2) is 26.8 Å². The second-order valence-electron chi connectivity index (χ2n) is 3.95. The summed E-state index contributed by atoms with van der Waals surface area (Å²) in [6.45, 7) is 3.73. The lowest BCUT2D eigenvalue weighted by atomic mass is 10.3. The van der Waals surface area contributed by atoms with Gasteiger partial charge in [-0.1, -0.05) is 6.92 Å². The second kappa shape index (κ2) is 6.11. The Labute approximate surface area is 106 Å². The van der Waals surface area contributed by atoms with E-state index < -0.39 is 0 Å². The summed E-state index contributed by atoms with van der Waals surface area (Å²) in [6.07, 6.45) is 8.04. The van der Waals surface area contributed by atoms with Crippen molar-refractivity contribution in [2.75, 3.05) is 7.05 Å². The summed E-state index contributed by atoms with van der Waals surface area (Å²) in [7, 11) is 1.88. The number of ether oxygens (including phenoxy) is 1. The zero-order chi connectivity index (χ0) is 12.8. The number of nitrogens with one attached hydrogen (secondary N) is 1. The average Bonchev–Trinajstić information content (AvgIpc) is 2.80. The van der Waals surface area contributed by atoms with Gasteiger partial charge in [-0.15, -0.1) is 0 Å². The maximum Gasteiger partial charge on any atom is 0.321 e. The van der Waals surface area contributed by atoms with Gasteiger partial charge in [0.1, 0.15) is 0 Å². The van der Waals surface area contributed by atoms with Crippen LogP contribution in [0.4, 0.5) is 0 Å². The van der Waals surface area contributed by atoms with E-state index in [4.69, 9.17) is 4.74 Å². The first kappa shape index (κ1) is 12.5. The molecule has 0 spiro atoms. The molecule has 2 heterocycles. The minimum atomic E-state index is 0.339.